The number of hydrogen-bond acceptors (Lipinski definition) is 4. The van der Waals surface area contributed by atoms with E-state index in [1.54, 1.807) is 0 Å². The van der Waals surface area contributed by atoms with Gasteiger partial charge in [0.2, 0.25) is 10.3 Å². The molecule has 2 rings (SSSR count). The van der Waals surface area contributed by atoms with Crippen LogP contribution in [-0.2, 0) is 20.1 Å². The number of sulfone groups is 1. The smallest absolute Gasteiger partial charge is 0.360 e. The number of rotatable bonds is 2. The van der Waals surface area contributed by atoms with Gasteiger partial charge in [-0.3, -0.25) is 0 Å². The molecule has 1 unspecified atom stereocenters. The molecule has 0 aromatic heterocycles. The fourth-order valence-corrected chi connectivity index (χ4v) is 4.98. The van der Waals surface area contributed by atoms with Crippen LogP contribution in [0, 0.1) is 5.92 Å². The summed E-state index contributed by atoms with van der Waals surface area (Å²) >= 11 is 0. The molecule has 0 amide bonds. The van der Waals surface area contributed by atoms with Gasteiger partial charge in [-0.1, -0.05) is 25.3 Å². The first-order valence-corrected chi connectivity index (χ1v) is 9.41. The predicted molar refractivity (Wildman–Crippen MR) is 80.2 cm³/mol. The number of alkyl halides is 1. The van der Waals surface area contributed by atoms with Crippen molar-refractivity contribution >= 4 is 30.0 Å². The maximum Gasteiger partial charge on any atom is 0.388 e. The van der Waals surface area contributed by atoms with E-state index in [1.807, 2.05) is 0 Å². The lowest BCUT2D eigenvalue weighted by molar-refractivity contribution is -0.00897. The Bertz CT molecular complexity index is 804. The second-order valence-electron chi connectivity index (χ2n) is 5.20. The van der Waals surface area contributed by atoms with Gasteiger partial charge >= 0.3 is 5.04 Å². The van der Waals surface area contributed by atoms with Crippen molar-refractivity contribution in [1.82, 2.24) is 0 Å². The van der Waals surface area contributed by atoms with E-state index in [0.29, 0.717) is 12.8 Å². The quantitative estimate of drug-likeness (QED) is 0.248. The van der Waals surface area contributed by atoms with Crippen LogP contribution in [0.2, 0.25) is 0 Å². The van der Waals surface area contributed by atoms with E-state index in [4.69, 9.17) is 5.53 Å². The molecule has 0 bridgehead atoms. The summed E-state index contributed by atoms with van der Waals surface area (Å²) in [5.41, 5.74) is 9.12. The fraction of sp³-hybridized carbons (Fsp3) is 0.538. The van der Waals surface area contributed by atoms with Crippen molar-refractivity contribution in [1.29, 1.82) is 0 Å². The highest BCUT2D eigenvalue weighted by Gasteiger charge is 2.44. The summed E-state index contributed by atoms with van der Waals surface area (Å²) in [5.74, 6) is -0.469. The number of nitrogens with zero attached hydrogens (tertiary/aromatic N) is 2. The first-order chi connectivity index (χ1) is 10.4. The lowest BCUT2D eigenvalue weighted by atomic mass is 9.90. The largest absolute Gasteiger partial charge is 0.388 e. The molecule has 9 heteroatoms. The number of allylic oxidation sites excluding steroid dienone is 4. The van der Waals surface area contributed by atoms with Gasteiger partial charge in [-0.15, -0.1) is 0 Å². The third-order valence-electron chi connectivity index (χ3n) is 3.85. The van der Waals surface area contributed by atoms with Gasteiger partial charge in [0.1, 0.15) is 4.86 Å². The Hall–Kier alpha value is -1.57. The normalized spacial score (nSPS) is 22.9. The standard InChI is InChI=1S/C13H15FN2O4S2/c14-12-10(21(17)18)7-4-8-11(12)22(19,20)13(16-15)9-5-2-1-3-6-9/h4,7-9,12H,1-3,5-6H2. The van der Waals surface area contributed by atoms with Crippen molar-refractivity contribution in [2.45, 2.75) is 38.3 Å². The molecule has 1 fully saturated rings. The van der Waals surface area contributed by atoms with Gasteiger partial charge in [-0.25, -0.2) is 12.8 Å². The van der Waals surface area contributed by atoms with E-state index < -0.39 is 47.0 Å². The van der Waals surface area contributed by atoms with Crippen molar-refractivity contribution in [3.8, 4) is 0 Å². The molecule has 0 aromatic rings. The summed E-state index contributed by atoms with van der Waals surface area (Å²) in [5, 5.41) is -0.479. The van der Waals surface area contributed by atoms with E-state index in [-0.39, 0.29) is 0 Å². The van der Waals surface area contributed by atoms with E-state index >= 15 is 0 Å². The number of hydrogen-bond donors (Lipinski definition) is 0. The molecule has 120 valence electrons. The van der Waals surface area contributed by atoms with Gasteiger partial charge in [0.05, 0.1) is 10.8 Å². The van der Waals surface area contributed by atoms with Gasteiger partial charge in [0.15, 0.2) is 6.17 Å². The molecule has 2 aliphatic carbocycles. The van der Waals surface area contributed by atoms with Gasteiger partial charge in [-0.2, -0.15) is 13.2 Å². The zero-order chi connectivity index (χ0) is 16.3. The second kappa shape index (κ2) is 6.68. The summed E-state index contributed by atoms with van der Waals surface area (Å²) in [6.45, 7) is 0. The minimum Gasteiger partial charge on any atom is -0.360 e. The average molecular weight is 346 g/mol. The lowest BCUT2D eigenvalue weighted by Gasteiger charge is -2.19. The Morgan fingerprint density at radius 3 is 2.45 bits per heavy atom. The van der Waals surface area contributed by atoms with Crippen LogP contribution >= 0.6 is 0 Å². The predicted octanol–water partition coefficient (Wildman–Crippen LogP) is 1.45. The van der Waals surface area contributed by atoms with Crippen LogP contribution in [0.4, 0.5) is 4.39 Å². The average Bonchev–Trinajstić information content (AvgIpc) is 2.48. The minimum absolute atomic E-state index is 0.469. The molecule has 2 aliphatic rings. The van der Waals surface area contributed by atoms with Crippen LogP contribution in [0.15, 0.2) is 23.1 Å². The Kier molecular flexibility index (Phi) is 5.10. The van der Waals surface area contributed by atoms with Gasteiger partial charge in [0, 0.05) is 0 Å². The van der Waals surface area contributed by atoms with E-state index in [1.165, 1.54) is 0 Å². The monoisotopic (exact) mass is 346 g/mol. The van der Waals surface area contributed by atoms with Crippen molar-refractivity contribution < 1.29 is 26.0 Å². The van der Waals surface area contributed by atoms with Crippen LogP contribution < -0.4 is 0 Å². The summed E-state index contributed by atoms with van der Waals surface area (Å²) in [6.07, 6.45) is 4.55. The Morgan fingerprint density at radius 1 is 1.27 bits per heavy atom. The molecular formula is C13H15FN2O4S2. The van der Waals surface area contributed by atoms with Crippen LogP contribution in [0.5, 0.6) is 0 Å². The number of halogens is 1. The minimum atomic E-state index is -4.35. The highest BCUT2D eigenvalue weighted by Crippen LogP contribution is 2.30. The fourth-order valence-electron chi connectivity index (χ4n) is 2.74. The van der Waals surface area contributed by atoms with Gasteiger partial charge in [-0.05, 0) is 25.0 Å². The van der Waals surface area contributed by atoms with Crippen molar-refractivity contribution in [2.24, 2.45) is 5.92 Å². The second-order valence-corrected chi connectivity index (χ2v) is 8.04. The molecule has 0 radical (unpaired) electrons. The molecule has 1 atom stereocenters. The highest BCUT2D eigenvalue weighted by atomic mass is 32.2. The van der Waals surface area contributed by atoms with Crippen molar-refractivity contribution in [2.75, 3.05) is 0 Å². The first kappa shape index (κ1) is 16.8. The van der Waals surface area contributed by atoms with Gasteiger partial charge < -0.3 is 5.53 Å². The summed E-state index contributed by atoms with van der Waals surface area (Å²) in [6, 6.07) is 0. The maximum atomic E-state index is 14.3. The topological polar surface area (TPSA) is 105 Å². The molecule has 0 saturated heterocycles. The molecular weight excluding hydrogens is 331 g/mol. The zero-order valence-corrected chi connectivity index (χ0v) is 13.3. The SMILES string of the molecule is [N-]=[N+]=C(C1CCCCC1)S(=O)(=O)C1=CC=CC(=S(=O)=O)C1F. The van der Waals surface area contributed by atoms with Crippen LogP contribution in [0.25, 0.3) is 5.53 Å². The molecule has 6 nitrogen and oxygen atoms in total. The van der Waals surface area contributed by atoms with Crippen molar-refractivity contribution in [3.63, 3.8) is 0 Å². The molecule has 0 aliphatic heterocycles. The van der Waals surface area contributed by atoms with Gasteiger partial charge in [0.25, 0.3) is 9.84 Å². The Labute approximate surface area is 129 Å². The van der Waals surface area contributed by atoms with Crippen molar-refractivity contribution in [3.05, 3.63) is 28.7 Å². The Morgan fingerprint density at radius 2 is 1.91 bits per heavy atom. The Balaban J connectivity index is 2.45. The summed E-state index contributed by atoms with van der Waals surface area (Å²) < 4.78 is 61.2. The molecule has 0 spiro atoms. The van der Waals surface area contributed by atoms with E-state index in [9.17, 15) is 21.2 Å². The third-order valence-corrected chi connectivity index (χ3v) is 6.51. The van der Waals surface area contributed by atoms with E-state index in [2.05, 4.69) is 4.79 Å². The molecule has 0 N–H and O–H groups in total. The first-order valence-electron chi connectivity index (χ1n) is 6.85. The summed E-state index contributed by atoms with van der Waals surface area (Å²) in [4.78, 5) is 1.54. The van der Waals surface area contributed by atoms with Crippen LogP contribution in [-0.4, -0.2) is 37.7 Å². The summed E-state index contributed by atoms with van der Waals surface area (Å²) in [7, 11) is -7.21. The maximum absolute atomic E-state index is 14.3. The zero-order valence-electron chi connectivity index (χ0n) is 11.6. The molecule has 0 heterocycles. The highest BCUT2D eigenvalue weighted by molar-refractivity contribution is 8.09. The molecule has 1 saturated carbocycles. The molecule has 0 aromatic carbocycles. The van der Waals surface area contributed by atoms with E-state index in [0.717, 1.165) is 37.5 Å². The van der Waals surface area contributed by atoms with Crippen LogP contribution in [0.1, 0.15) is 32.1 Å². The third kappa shape index (κ3) is 3.11. The van der Waals surface area contributed by atoms with Crippen LogP contribution in [0.3, 0.4) is 0 Å². The lowest BCUT2D eigenvalue weighted by Crippen LogP contribution is -2.33. The molecule has 22 heavy (non-hydrogen) atoms.